The molecule has 0 saturated carbocycles. The van der Waals surface area contributed by atoms with Gasteiger partial charge >= 0.3 is 29.8 Å². The molecule has 0 aromatic heterocycles. The summed E-state index contributed by atoms with van der Waals surface area (Å²) >= 11 is 0. The van der Waals surface area contributed by atoms with Gasteiger partial charge in [0.25, 0.3) is 0 Å². The van der Waals surface area contributed by atoms with Crippen LogP contribution >= 0.6 is 0 Å². The molecule has 4 N–H and O–H groups in total. The van der Waals surface area contributed by atoms with Crippen LogP contribution in [0.5, 0.6) is 0 Å². The lowest BCUT2D eigenvalue weighted by atomic mass is 10.0. The largest absolute Gasteiger partial charge is 0.505 e. The molecular weight excluding hydrogens is 712 g/mol. The van der Waals surface area contributed by atoms with E-state index in [-0.39, 0.29) is 12.8 Å². The predicted molar refractivity (Wildman–Crippen MR) is 207 cm³/mol. The first kappa shape index (κ1) is 49.7. The molecule has 0 bridgehead atoms. The van der Waals surface area contributed by atoms with E-state index < -0.39 is 72.4 Å². The van der Waals surface area contributed by atoms with Gasteiger partial charge in [-0.1, -0.05) is 168 Å². The van der Waals surface area contributed by atoms with Gasteiger partial charge in [-0.05, 0) is 12.8 Å². The number of aliphatic hydroxyl groups excluding tert-OH is 3. The molecule has 0 radical (unpaired) electrons. The monoisotopic (exact) mass is 784 g/mol. The van der Waals surface area contributed by atoms with Crippen molar-refractivity contribution in [1.82, 2.24) is 0 Å². The zero-order valence-corrected chi connectivity index (χ0v) is 33.8. The molecule has 0 aliphatic carbocycles. The summed E-state index contributed by atoms with van der Waals surface area (Å²) in [6.45, 7) is 3.48. The number of cyclic esters (lactones) is 1. The highest BCUT2D eigenvalue weighted by molar-refractivity contribution is 5.89. The molecule has 0 spiro atoms. The molecule has 13 nitrogen and oxygen atoms in total. The van der Waals surface area contributed by atoms with Crippen molar-refractivity contribution in [2.45, 2.75) is 218 Å². The van der Waals surface area contributed by atoms with Gasteiger partial charge in [0.15, 0.2) is 11.9 Å². The van der Waals surface area contributed by atoms with Crippen molar-refractivity contribution in [1.29, 1.82) is 0 Å². The molecule has 55 heavy (non-hydrogen) atoms. The number of carboxylic acids is 1. The van der Waals surface area contributed by atoms with E-state index in [2.05, 4.69) is 18.6 Å². The van der Waals surface area contributed by atoms with E-state index in [9.17, 15) is 44.4 Å². The summed E-state index contributed by atoms with van der Waals surface area (Å²) in [6, 6.07) is 0. The molecule has 0 fully saturated rings. The van der Waals surface area contributed by atoms with E-state index in [1.165, 1.54) is 103 Å². The average molecular weight is 785 g/mol. The highest BCUT2D eigenvalue weighted by Gasteiger charge is 2.43. The van der Waals surface area contributed by atoms with Crippen LogP contribution in [-0.2, 0) is 42.9 Å². The second kappa shape index (κ2) is 31.8. The van der Waals surface area contributed by atoms with Gasteiger partial charge in [-0.15, -0.1) is 0 Å². The first-order chi connectivity index (χ1) is 26.5. The van der Waals surface area contributed by atoms with Gasteiger partial charge in [0, 0.05) is 12.8 Å². The Kier molecular flexibility index (Phi) is 28.7. The maximum absolute atomic E-state index is 13.1. The summed E-state index contributed by atoms with van der Waals surface area (Å²) in [6.07, 6.45) is 20.4. The average Bonchev–Trinajstić information content (AvgIpc) is 3.42. The minimum absolute atomic E-state index is 0.100. The Balaban J connectivity index is 2.60. The zero-order chi connectivity index (χ0) is 40.7. The molecule has 1 rings (SSSR count). The SMILES string of the molecule is CCCCCCCCCCCCCCCC(=O)O[C@H](C(=O)O)[C@@H](OC(=O)CCCCCCCCCCCCCCC)C(=O)OC[C@H](O)[C@H]1OC(=O)C(O)=C1O. The lowest BCUT2D eigenvalue weighted by molar-refractivity contribution is -0.191. The zero-order valence-electron chi connectivity index (χ0n) is 33.8. The normalized spacial score (nSPS) is 15.7. The molecule has 1 aliphatic heterocycles. The number of ether oxygens (including phenoxy) is 4. The van der Waals surface area contributed by atoms with Crippen LogP contribution in [0.15, 0.2) is 11.5 Å². The summed E-state index contributed by atoms with van der Waals surface area (Å²) in [5.74, 6) is -8.34. The van der Waals surface area contributed by atoms with E-state index in [4.69, 9.17) is 14.2 Å². The number of rotatable bonds is 36. The number of carbonyl (C=O) groups excluding carboxylic acids is 4. The van der Waals surface area contributed by atoms with Crippen LogP contribution in [0.25, 0.3) is 0 Å². The first-order valence-electron chi connectivity index (χ1n) is 21.3. The van der Waals surface area contributed by atoms with E-state index in [1.54, 1.807) is 0 Å². The Labute approximate surface area is 328 Å². The van der Waals surface area contributed by atoms with Crippen molar-refractivity contribution in [2.24, 2.45) is 0 Å². The van der Waals surface area contributed by atoms with Crippen molar-refractivity contribution in [3.63, 3.8) is 0 Å². The fourth-order valence-electron chi connectivity index (χ4n) is 6.51. The summed E-state index contributed by atoms with van der Waals surface area (Å²) in [5, 5.41) is 39.6. The van der Waals surface area contributed by atoms with Gasteiger partial charge in [-0.3, -0.25) is 9.59 Å². The van der Waals surface area contributed by atoms with Crippen LogP contribution in [0.4, 0.5) is 0 Å². The quantitative estimate of drug-likeness (QED) is 0.0266. The van der Waals surface area contributed by atoms with Crippen molar-refractivity contribution in [3.05, 3.63) is 11.5 Å². The third-order valence-corrected chi connectivity index (χ3v) is 9.92. The Morgan fingerprint density at radius 2 is 0.927 bits per heavy atom. The van der Waals surface area contributed by atoms with Gasteiger partial charge in [-0.25, -0.2) is 14.4 Å². The molecule has 0 saturated heterocycles. The topological polar surface area (TPSA) is 203 Å². The van der Waals surface area contributed by atoms with Gasteiger partial charge < -0.3 is 39.4 Å². The van der Waals surface area contributed by atoms with Gasteiger partial charge in [-0.2, -0.15) is 0 Å². The Hall–Kier alpha value is -3.35. The molecule has 318 valence electrons. The molecule has 1 aliphatic rings. The van der Waals surface area contributed by atoms with Crippen LogP contribution in [0, 0.1) is 0 Å². The molecule has 4 atom stereocenters. The number of esters is 4. The van der Waals surface area contributed by atoms with Crippen LogP contribution in [0.3, 0.4) is 0 Å². The highest BCUT2D eigenvalue weighted by Crippen LogP contribution is 2.22. The van der Waals surface area contributed by atoms with Crippen molar-refractivity contribution < 1.29 is 63.3 Å². The summed E-state index contributed by atoms with van der Waals surface area (Å²) in [5.41, 5.74) is 0. The van der Waals surface area contributed by atoms with Crippen LogP contribution in [-0.4, -0.2) is 81.3 Å². The summed E-state index contributed by atoms with van der Waals surface area (Å²) < 4.78 is 20.0. The second-order valence-corrected chi connectivity index (χ2v) is 14.9. The molecule has 13 heteroatoms. The van der Waals surface area contributed by atoms with E-state index in [1.807, 2.05) is 0 Å². The molecule has 0 unspecified atom stereocenters. The minimum atomic E-state index is -2.23. The maximum Gasteiger partial charge on any atom is 0.377 e. The number of aliphatic carboxylic acids is 1. The molecule has 0 aromatic carbocycles. The Morgan fingerprint density at radius 1 is 0.582 bits per heavy atom. The third kappa shape index (κ3) is 23.4. The molecular formula is C42H72O13. The maximum atomic E-state index is 13.1. The van der Waals surface area contributed by atoms with Gasteiger partial charge in [0.1, 0.15) is 12.7 Å². The van der Waals surface area contributed by atoms with Gasteiger partial charge in [0.2, 0.25) is 18.0 Å². The lowest BCUT2D eigenvalue weighted by Gasteiger charge is -2.24. The van der Waals surface area contributed by atoms with E-state index in [0.717, 1.165) is 51.4 Å². The van der Waals surface area contributed by atoms with Crippen LogP contribution < -0.4 is 0 Å². The number of carboxylic acid groups (broad SMARTS) is 1. The van der Waals surface area contributed by atoms with Crippen LogP contribution in [0.2, 0.25) is 0 Å². The predicted octanol–water partition coefficient (Wildman–Crippen LogP) is 9.01. The fraction of sp³-hybridized carbons (Fsp3) is 0.833. The third-order valence-electron chi connectivity index (χ3n) is 9.92. The molecule has 0 amide bonds. The Bertz CT molecular complexity index is 1120. The van der Waals surface area contributed by atoms with Crippen LogP contribution in [0.1, 0.15) is 194 Å². The summed E-state index contributed by atoms with van der Waals surface area (Å²) in [4.78, 5) is 62.4. The smallest absolute Gasteiger partial charge is 0.377 e. The van der Waals surface area contributed by atoms with E-state index in [0.29, 0.717) is 12.8 Å². The second-order valence-electron chi connectivity index (χ2n) is 14.9. The number of unbranched alkanes of at least 4 members (excludes halogenated alkanes) is 24. The van der Waals surface area contributed by atoms with E-state index >= 15 is 0 Å². The van der Waals surface area contributed by atoms with Crippen molar-refractivity contribution in [3.8, 4) is 0 Å². The molecule has 0 aromatic rings. The minimum Gasteiger partial charge on any atom is -0.505 e. The lowest BCUT2D eigenvalue weighted by Crippen LogP contribution is -2.47. The standard InChI is InChI=1S/C42H72O13/c1-3-5-7-9-11-13-15-17-19-21-23-25-27-29-33(44)53-38(40(48)49)39(42(51)52-31-32(43)37-35(46)36(47)41(50)55-37)54-34(45)30-28-26-24-22-20-18-16-14-12-10-8-6-4-2/h32,37-39,43,46-47H,3-31H2,1-2H3,(H,48,49)/t32-,37+,38-,39+/m0/s1. The van der Waals surface area contributed by atoms with Gasteiger partial charge in [0.05, 0.1) is 0 Å². The van der Waals surface area contributed by atoms with Crippen molar-refractivity contribution in [2.75, 3.05) is 6.61 Å². The Morgan fingerprint density at radius 3 is 1.25 bits per heavy atom. The first-order valence-corrected chi connectivity index (χ1v) is 21.3. The number of aliphatic hydroxyl groups is 3. The number of hydrogen-bond acceptors (Lipinski definition) is 12. The molecule has 1 heterocycles. The summed E-state index contributed by atoms with van der Waals surface area (Å²) in [7, 11) is 0. The fourth-order valence-corrected chi connectivity index (χ4v) is 6.51. The number of hydrogen-bond donors (Lipinski definition) is 4. The van der Waals surface area contributed by atoms with Crippen molar-refractivity contribution >= 4 is 29.8 Å². The highest BCUT2D eigenvalue weighted by atomic mass is 16.6. The number of carbonyl (C=O) groups is 5.